The van der Waals surface area contributed by atoms with Crippen molar-refractivity contribution in [1.82, 2.24) is 4.98 Å². The molecule has 0 saturated heterocycles. The minimum Gasteiger partial charge on any atom is -0.257 e. The third-order valence-electron chi connectivity index (χ3n) is 3.13. The monoisotopic (exact) mass is 459 g/mol. The lowest BCUT2D eigenvalue weighted by atomic mass is 10.3. The Bertz CT molecular complexity index is 781. The van der Waals surface area contributed by atoms with Crippen LogP contribution in [-0.2, 0) is 0 Å². The van der Waals surface area contributed by atoms with Crippen molar-refractivity contribution in [2.75, 3.05) is 11.5 Å². The molecule has 1 aromatic rings. The molecular weight excluding hydrogens is 451 g/mol. The van der Waals surface area contributed by atoms with E-state index in [4.69, 9.17) is 0 Å². The molecule has 5 heterocycles. The molecule has 0 radical (unpaired) electrons. The van der Waals surface area contributed by atoms with Crippen LogP contribution in [0.15, 0.2) is 54.1 Å². The molecule has 4 aliphatic rings. The molecule has 0 atom stereocenters. The standard InChI is InChI=1S/C15H9NS8/c1-2-4-16-8(3-1)7-9-19-12-13(20-9)24-15(23-12)14-21-10-11(22-14)18-6-5-17-10/h1-4,7H,5-6H2. The van der Waals surface area contributed by atoms with E-state index in [0.29, 0.717) is 0 Å². The van der Waals surface area contributed by atoms with Crippen LogP contribution in [0.25, 0.3) is 6.08 Å². The van der Waals surface area contributed by atoms with E-state index in [-0.39, 0.29) is 0 Å². The highest BCUT2D eigenvalue weighted by Gasteiger charge is 2.35. The predicted molar refractivity (Wildman–Crippen MR) is 124 cm³/mol. The van der Waals surface area contributed by atoms with Crippen LogP contribution in [0.2, 0.25) is 0 Å². The largest absolute Gasteiger partial charge is 0.257 e. The third kappa shape index (κ3) is 3.52. The zero-order chi connectivity index (χ0) is 15.9. The minimum atomic E-state index is 1.04. The highest BCUT2D eigenvalue weighted by atomic mass is 32.3. The van der Waals surface area contributed by atoms with Gasteiger partial charge in [-0.05, 0) is 18.2 Å². The average molecular weight is 460 g/mol. The molecule has 0 N–H and O–H groups in total. The van der Waals surface area contributed by atoms with Crippen LogP contribution in [0.5, 0.6) is 0 Å². The van der Waals surface area contributed by atoms with Gasteiger partial charge in [0, 0.05) is 17.7 Å². The minimum absolute atomic E-state index is 1.04. The Morgan fingerprint density at radius 3 is 1.88 bits per heavy atom. The summed E-state index contributed by atoms with van der Waals surface area (Å²) in [5.41, 5.74) is 1.04. The third-order valence-corrected chi connectivity index (χ3v) is 14.9. The van der Waals surface area contributed by atoms with Gasteiger partial charge in [-0.3, -0.25) is 4.98 Å². The fraction of sp³-hybridized carbons (Fsp3) is 0.133. The fourth-order valence-corrected chi connectivity index (χ4v) is 14.6. The van der Waals surface area contributed by atoms with Crippen molar-refractivity contribution in [3.8, 4) is 0 Å². The molecule has 0 spiro atoms. The van der Waals surface area contributed by atoms with E-state index in [1.807, 2.05) is 112 Å². The molecule has 1 nitrogen and oxygen atoms in total. The molecule has 0 fully saturated rings. The number of nitrogens with zero attached hydrogens (tertiary/aromatic N) is 1. The molecule has 0 unspecified atom stereocenters. The Morgan fingerprint density at radius 1 is 0.708 bits per heavy atom. The maximum Gasteiger partial charge on any atom is 0.0718 e. The lowest BCUT2D eigenvalue weighted by Gasteiger charge is -2.08. The van der Waals surface area contributed by atoms with Crippen LogP contribution >= 0.6 is 94.1 Å². The molecule has 0 aliphatic carbocycles. The van der Waals surface area contributed by atoms with Crippen molar-refractivity contribution in [3.63, 3.8) is 0 Å². The molecule has 0 aromatic carbocycles. The molecule has 9 heteroatoms. The second-order valence-corrected chi connectivity index (χ2v) is 15.0. The van der Waals surface area contributed by atoms with Gasteiger partial charge < -0.3 is 0 Å². The van der Waals surface area contributed by atoms with Crippen molar-refractivity contribution in [2.45, 2.75) is 0 Å². The normalized spacial score (nSPS) is 23.2. The van der Waals surface area contributed by atoms with Crippen molar-refractivity contribution in [1.29, 1.82) is 0 Å². The summed E-state index contributed by atoms with van der Waals surface area (Å²) in [6, 6.07) is 6.05. The maximum absolute atomic E-state index is 4.39. The zero-order valence-electron chi connectivity index (χ0n) is 12.0. The highest BCUT2D eigenvalue weighted by Crippen LogP contribution is 2.71. The second-order valence-electron chi connectivity index (χ2n) is 4.75. The smallest absolute Gasteiger partial charge is 0.0718 e. The summed E-state index contributed by atoms with van der Waals surface area (Å²) in [5.74, 6) is 2.50. The van der Waals surface area contributed by atoms with Gasteiger partial charge in [0.15, 0.2) is 0 Å². The van der Waals surface area contributed by atoms with Crippen molar-refractivity contribution < 1.29 is 0 Å². The van der Waals surface area contributed by atoms with Gasteiger partial charge in [-0.2, -0.15) is 0 Å². The van der Waals surface area contributed by atoms with Gasteiger partial charge in [0.25, 0.3) is 0 Å². The van der Waals surface area contributed by atoms with Crippen LogP contribution in [-0.4, -0.2) is 16.5 Å². The maximum atomic E-state index is 4.39. The Balaban J connectivity index is 1.28. The van der Waals surface area contributed by atoms with Gasteiger partial charge in [-0.25, -0.2) is 0 Å². The summed E-state index contributed by atoms with van der Waals surface area (Å²) in [6.07, 6.45) is 4.04. The van der Waals surface area contributed by atoms with Gasteiger partial charge in [0.1, 0.15) is 0 Å². The van der Waals surface area contributed by atoms with Crippen molar-refractivity contribution >= 4 is 100 Å². The van der Waals surface area contributed by atoms with Crippen LogP contribution in [0.1, 0.15) is 5.69 Å². The lowest BCUT2D eigenvalue weighted by Crippen LogP contribution is -1.88. The van der Waals surface area contributed by atoms with Gasteiger partial charge >= 0.3 is 0 Å². The SMILES string of the molecule is C(=C1SC2=C(S1)SC(=C1SC3=C(SCCS3)S1)S2)c1ccccn1. The molecule has 0 bridgehead atoms. The van der Waals surface area contributed by atoms with E-state index in [1.165, 1.54) is 41.2 Å². The highest BCUT2D eigenvalue weighted by molar-refractivity contribution is 8.49. The number of pyridine rings is 1. The predicted octanol–water partition coefficient (Wildman–Crippen LogP) is 7.68. The summed E-state index contributed by atoms with van der Waals surface area (Å²) in [7, 11) is 0. The summed E-state index contributed by atoms with van der Waals surface area (Å²) < 4.78 is 10.2. The topological polar surface area (TPSA) is 12.9 Å². The van der Waals surface area contributed by atoms with Gasteiger partial charge in [-0.1, -0.05) is 76.6 Å². The zero-order valence-corrected chi connectivity index (χ0v) is 18.5. The average Bonchev–Trinajstić information content (AvgIpc) is 3.27. The number of rotatable bonds is 1. The summed E-state index contributed by atoms with van der Waals surface area (Å²) >= 11 is 15.7. The van der Waals surface area contributed by atoms with E-state index >= 15 is 0 Å². The molecule has 24 heavy (non-hydrogen) atoms. The molecule has 1 aromatic heterocycles. The Kier molecular flexibility index (Phi) is 5.32. The van der Waals surface area contributed by atoms with Crippen LogP contribution in [0.4, 0.5) is 0 Å². The van der Waals surface area contributed by atoms with Crippen molar-refractivity contribution in [2.24, 2.45) is 0 Å². The van der Waals surface area contributed by atoms with E-state index < -0.39 is 0 Å². The molecule has 5 rings (SSSR count). The Hall–Kier alpha value is 0.910. The van der Waals surface area contributed by atoms with Crippen molar-refractivity contribution in [3.05, 3.63) is 59.8 Å². The van der Waals surface area contributed by atoms with E-state index in [1.54, 1.807) is 0 Å². The summed E-state index contributed by atoms with van der Waals surface area (Å²) in [6.45, 7) is 0. The number of aromatic nitrogens is 1. The summed E-state index contributed by atoms with van der Waals surface area (Å²) in [4.78, 5) is 4.39. The first-order valence-electron chi connectivity index (χ1n) is 7.03. The van der Waals surface area contributed by atoms with Gasteiger partial charge in [0.05, 0.1) is 35.4 Å². The first-order chi connectivity index (χ1) is 11.8. The second kappa shape index (κ2) is 7.50. The molecule has 0 saturated carbocycles. The number of hydrogen-bond acceptors (Lipinski definition) is 9. The van der Waals surface area contributed by atoms with E-state index in [9.17, 15) is 0 Å². The molecule has 122 valence electrons. The molecular formula is C15H9NS8. The first kappa shape index (κ1) is 17.0. The van der Waals surface area contributed by atoms with Crippen LogP contribution < -0.4 is 0 Å². The van der Waals surface area contributed by atoms with Crippen LogP contribution in [0, 0.1) is 0 Å². The Morgan fingerprint density at radius 2 is 1.29 bits per heavy atom. The first-order valence-corrected chi connectivity index (χ1v) is 13.9. The Labute approximate surface area is 175 Å². The van der Waals surface area contributed by atoms with Crippen LogP contribution in [0.3, 0.4) is 0 Å². The number of hydrogen-bond donors (Lipinski definition) is 0. The quantitative estimate of drug-likeness (QED) is 0.415. The van der Waals surface area contributed by atoms with E-state index in [0.717, 1.165) is 5.69 Å². The lowest BCUT2D eigenvalue weighted by molar-refractivity contribution is 1.30. The molecule has 0 amide bonds. The fourth-order valence-electron chi connectivity index (χ4n) is 2.13. The number of thioether (sulfide) groups is 8. The van der Waals surface area contributed by atoms with E-state index in [2.05, 4.69) is 17.1 Å². The molecule has 4 aliphatic heterocycles. The summed E-state index contributed by atoms with van der Waals surface area (Å²) in [5, 5.41) is 0. The van der Waals surface area contributed by atoms with Gasteiger partial charge in [-0.15, -0.1) is 23.5 Å². The van der Waals surface area contributed by atoms with Gasteiger partial charge in [0.2, 0.25) is 0 Å².